The zero-order valence-electron chi connectivity index (χ0n) is 12.1. The second-order valence-electron chi connectivity index (χ2n) is 4.61. The molecule has 1 aromatic heterocycles. The molecule has 1 aromatic carbocycles. The topological polar surface area (TPSA) is 83.7 Å². The Hall–Kier alpha value is -2.60. The molecule has 0 bridgehead atoms. The third-order valence-electron chi connectivity index (χ3n) is 2.97. The molecule has 0 saturated carbocycles. The van der Waals surface area contributed by atoms with Gasteiger partial charge in [0, 0.05) is 12.4 Å². The zero-order chi connectivity index (χ0) is 15.6. The molecular formula is C16H18N2O4. The van der Waals surface area contributed by atoms with Crippen LogP contribution in [0.2, 0.25) is 0 Å². The molecule has 6 heteroatoms. The quantitative estimate of drug-likeness (QED) is 0.481. The molecule has 1 heterocycles. The Morgan fingerprint density at radius 1 is 1.09 bits per heavy atom. The van der Waals surface area contributed by atoms with Gasteiger partial charge >= 0.3 is 6.16 Å². The van der Waals surface area contributed by atoms with E-state index in [9.17, 15) is 4.79 Å². The highest BCUT2D eigenvalue weighted by Gasteiger charge is 2.04. The van der Waals surface area contributed by atoms with Gasteiger partial charge in [-0.1, -0.05) is 18.2 Å². The molecule has 2 N–H and O–H groups in total. The van der Waals surface area contributed by atoms with Gasteiger partial charge < -0.3 is 14.3 Å². The van der Waals surface area contributed by atoms with E-state index >= 15 is 0 Å². The van der Waals surface area contributed by atoms with Crippen molar-refractivity contribution in [1.29, 1.82) is 0 Å². The van der Waals surface area contributed by atoms with Crippen LogP contribution in [-0.2, 0) is 22.5 Å². The maximum atomic E-state index is 11.4. The minimum absolute atomic E-state index is 0.145. The Morgan fingerprint density at radius 3 is 2.59 bits per heavy atom. The molecule has 0 spiro atoms. The van der Waals surface area contributed by atoms with Crippen molar-refractivity contribution in [3.05, 3.63) is 59.9 Å². The molecule has 0 fully saturated rings. The fourth-order valence-electron chi connectivity index (χ4n) is 1.83. The first-order valence-corrected chi connectivity index (χ1v) is 6.92. The highest BCUT2D eigenvalue weighted by molar-refractivity contribution is 5.59. The molecule has 6 nitrogen and oxygen atoms in total. The number of rotatable bonds is 7. The predicted molar refractivity (Wildman–Crippen MR) is 80.0 cm³/mol. The Bertz CT molecular complexity index is 572. The summed E-state index contributed by atoms with van der Waals surface area (Å²) in [7, 11) is 0. The maximum absolute atomic E-state index is 11.4. The van der Waals surface area contributed by atoms with E-state index in [1.807, 2.05) is 12.1 Å². The Morgan fingerprint density at radius 2 is 1.91 bits per heavy atom. The molecule has 0 amide bonds. The molecule has 0 atom stereocenters. The average Bonchev–Trinajstić information content (AvgIpc) is 2.58. The number of carbonyl (C=O) groups is 1. The van der Waals surface area contributed by atoms with Gasteiger partial charge in [0.05, 0.1) is 6.61 Å². The van der Waals surface area contributed by atoms with E-state index in [4.69, 9.17) is 15.4 Å². The normalized spacial score (nSPS) is 10.0. The van der Waals surface area contributed by atoms with E-state index in [2.05, 4.69) is 9.82 Å². The molecule has 0 aliphatic rings. The molecule has 0 aliphatic carbocycles. The van der Waals surface area contributed by atoms with Crippen molar-refractivity contribution in [2.75, 3.05) is 6.61 Å². The minimum atomic E-state index is -0.676. The van der Waals surface area contributed by atoms with Gasteiger partial charge in [-0.2, -0.15) is 5.90 Å². The van der Waals surface area contributed by atoms with Gasteiger partial charge in [0.15, 0.2) is 0 Å². The summed E-state index contributed by atoms with van der Waals surface area (Å²) in [4.78, 5) is 20.0. The summed E-state index contributed by atoms with van der Waals surface area (Å²) in [5, 5.41) is 0. The van der Waals surface area contributed by atoms with Gasteiger partial charge in [0.2, 0.25) is 0 Å². The number of hydrogen-bond donors (Lipinski definition) is 1. The van der Waals surface area contributed by atoms with Gasteiger partial charge in [-0.25, -0.2) is 4.79 Å². The Balaban J connectivity index is 1.61. The highest BCUT2D eigenvalue weighted by Crippen LogP contribution is 2.11. The Kier molecular flexibility index (Phi) is 6.19. The lowest BCUT2D eigenvalue weighted by atomic mass is 10.2. The zero-order valence-corrected chi connectivity index (χ0v) is 12.1. The van der Waals surface area contributed by atoms with E-state index in [0.29, 0.717) is 12.4 Å². The smallest absolute Gasteiger partial charge is 0.434 e. The van der Waals surface area contributed by atoms with Gasteiger partial charge in [0.1, 0.15) is 12.4 Å². The van der Waals surface area contributed by atoms with Gasteiger partial charge in [-0.15, -0.1) is 0 Å². The summed E-state index contributed by atoms with van der Waals surface area (Å²) >= 11 is 0. The fourth-order valence-corrected chi connectivity index (χ4v) is 1.83. The number of ether oxygens (including phenoxy) is 2. The molecule has 0 aliphatic heterocycles. The van der Waals surface area contributed by atoms with E-state index in [1.165, 1.54) is 0 Å². The van der Waals surface area contributed by atoms with Crippen LogP contribution >= 0.6 is 0 Å². The summed E-state index contributed by atoms with van der Waals surface area (Å²) < 4.78 is 10.0. The summed E-state index contributed by atoms with van der Waals surface area (Å²) in [6, 6.07) is 10.8. The summed E-state index contributed by atoms with van der Waals surface area (Å²) in [5.41, 5.74) is 1.94. The first-order valence-electron chi connectivity index (χ1n) is 6.92. The lowest BCUT2D eigenvalue weighted by molar-refractivity contribution is 0.0492. The number of benzene rings is 1. The van der Waals surface area contributed by atoms with Gasteiger partial charge in [-0.05, 0) is 42.2 Å². The molecule has 0 unspecified atom stereocenters. The minimum Gasteiger partial charge on any atom is -0.434 e. The van der Waals surface area contributed by atoms with Crippen molar-refractivity contribution in [2.24, 2.45) is 5.90 Å². The third-order valence-corrected chi connectivity index (χ3v) is 2.97. The van der Waals surface area contributed by atoms with Crippen LogP contribution in [0.25, 0.3) is 0 Å². The van der Waals surface area contributed by atoms with E-state index < -0.39 is 6.16 Å². The molecular weight excluding hydrogens is 284 g/mol. The summed E-state index contributed by atoms with van der Waals surface area (Å²) in [5.74, 6) is 5.57. The van der Waals surface area contributed by atoms with Crippen LogP contribution in [0.1, 0.15) is 17.5 Å². The SMILES string of the molecule is NOc1ccc(COC(=O)OCCCc2cccnc2)cc1. The van der Waals surface area contributed by atoms with Gasteiger partial charge in [-0.3, -0.25) is 4.98 Å². The monoisotopic (exact) mass is 302 g/mol. The van der Waals surface area contributed by atoms with Crippen molar-refractivity contribution >= 4 is 6.16 Å². The number of hydrogen-bond acceptors (Lipinski definition) is 6. The summed E-state index contributed by atoms with van der Waals surface area (Å²) in [6.07, 6.45) is 4.38. The highest BCUT2D eigenvalue weighted by atomic mass is 16.7. The number of aromatic nitrogens is 1. The third kappa shape index (κ3) is 5.41. The van der Waals surface area contributed by atoms with Crippen LogP contribution in [0.5, 0.6) is 5.75 Å². The summed E-state index contributed by atoms with van der Waals surface area (Å²) in [6.45, 7) is 0.458. The van der Waals surface area contributed by atoms with Crippen LogP contribution in [0.15, 0.2) is 48.8 Å². The van der Waals surface area contributed by atoms with Crippen molar-refractivity contribution in [3.8, 4) is 5.75 Å². The molecule has 0 saturated heterocycles. The van der Waals surface area contributed by atoms with Crippen molar-refractivity contribution in [1.82, 2.24) is 4.98 Å². The van der Waals surface area contributed by atoms with Crippen molar-refractivity contribution < 1.29 is 19.1 Å². The van der Waals surface area contributed by atoms with Crippen molar-refractivity contribution in [2.45, 2.75) is 19.4 Å². The number of pyridine rings is 1. The first kappa shape index (κ1) is 15.8. The Labute approximate surface area is 128 Å². The largest absolute Gasteiger partial charge is 0.508 e. The van der Waals surface area contributed by atoms with E-state index in [1.54, 1.807) is 36.7 Å². The second-order valence-corrected chi connectivity index (χ2v) is 4.61. The predicted octanol–water partition coefficient (Wildman–Crippen LogP) is 2.62. The number of aryl methyl sites for hydroxylation is 1. The standard InChI is InChI=1S/C16H18N2O4/c17-22-15-7-5-14(6-8-15)12-21-16(19)20-10-2-4-13-3-1-9-18-11-13/h1,3,5-9,11H,2,4,10,12,17H2. The number of nitrogens with zero attached hydrogens (tertiary/aromatic N) is 1. The first-order chi connectivity index (χ1) is 10.8. The molecule has 2 rings (SSSR count). The van der Waals surface area contributed by atoms with Crippen LogP contribution in [0.3, 0.4) is 0 Å². The van der Waals surface area contributed by atoms with Crippen LogP contribution in [0, 0.1) is 0 Å². The average molecular weight is 302 g/mol. The second kappa shape index (κ2) is 8.63. The lowest BCUT2D eigenvalue weighted by Gasteiger charge is -2.07. The fraction of sp³-hybridized carbons (Fsp3) is 0.250. The maximum Gasteiger partial charge on any atom is 0.508 e. The number of nitrogens with two attached hydrogens (primary N) is 1. The number of carbonyl (C=O) groups excluding carboxylic acids is 1. The molecule has 2 aromatic rings. The van der Waals surface area contributed by atoms with Crippen LogP contribution in [-0.4, -0.2) is 17.7 Å². The molecule has 116 valence electrons. The lowest BCUT2D eigenvalue weighted by Crippen LogP contribution is -2.09. The molecule has 22 heavy (non-hydrogen) atoms. The van der Waals surface area contributed by atoms with Crippen LogP contribution < -0.4 is 10.7 Å². The van der Waals surface area contributed by atoms with E-state index in [-0.39, 0.29) is 6.61 Å². The van der Waals surface area contributed by atoms with Gasteiger partial charge in [0.25, 0.3) is 0 Å². The van der Waals surface area contributed by atoms with E-state index in [0.717, 1.165) is 24.0 Å². The molecule has 0 radical (unpaired) electrons. The van der Waals surface area contributed by atoms with Crippen LogP contribution in [0.4, 0.5) is 4.79 Å². The van der Waals surface area contributed by atoms with Crippen molar-refractivity contribution in [3.63, 3.8) is 0 Å².